The number of carbonyl (C=O) groups is 1. The van der Waals surface area contributed by atoms with E-state index in [-0.39, 0.29) is 18.1 Å². The number of hydrogen-bond acceptors (Lipinski definition) is 3. The van der Waals surface area contributed by atoms with E-state index in [1.165, 1.54) is 0 Å². The van der Waals surface area contributed by atoms with Crippen LogP contribution in [0.4, 0.5) is 0 Å². The van der Waals surface area contributed by atoms with Crippen molar-refractivity contribution in [3.05, 3.63) is 35.9 Å². The van der Waals surface area contributed by atoms with Crippen molar-refractivity contribution in [3.63, 3.8) is 0 Å². The minimum Gasteiger partial charge on any atom is -0.392 e. The van der Waals surface area contributed by atoms with Gasteiger partial charge in [0.25, 0.3) is 0 Å². The molecule has 122 valence electrons. The van der Waals surface area contributed by atoms with E-state index in [0.29, 0.717) is 19.0 Å². The van der Waals surface area contributed by atoms with Crippen molar-refractivity contribution in [1.82, 2.24) is 10.2 Å². The topological polar surface area (TPSA) is 52.6 Å². The largest absolute Gasteiger partial charge is 0.392 e. The quantitative estimate of drug-likeness (QED) is 0.848. The number of hydrogen-bond donors (Lipinski definition) is 2. The molecule has 2 N–H and O–H groups in total. The monoisotopic (exact) mass is 304 g/mol. The van der Waals surface area contributed by atoms with Crippen molar-refractivity contribution in [1.29, 1.82) is 0 Å². The molecule has 1 aliphatic rings. The summed E-state index contributed by atoms with van der Waals surface area (Å²) in [5.41, 5.74) is 1.16. The van der Waals surface area contributed by atoms with Crippen LogP contribution in [-0.2, 0) is 4.79 Å². The van der Waals surface area contributed by atoms with Crippen LogP contribution in [-0.4, -0.2) is 41.7 Å². The number of benzene rings is 1. The molecule has 1 amide bonds. The van der Waals surface area contributed by atoms with Crippen LogP contribution < -0.4 is 5.32 Å². The van der Waals surface area contributed by atoms with Gasteiger partial charge in [0, 0.05) is 6.54 Å². The Balaban J connectivity index is 1.93. The molecular formula is C18H28N2O2. The summed E-state index contributed by atoms with van der Waals surface area (Å²) in [6.07, 6.45) is 2.45. The van der Waals surface area contributed by atoms with Crippen molar-refractivity contribution in [2.45, 2.75) is 45.3 Å². The Morgan fingerprint density at radius 1 is 1.36 bits per heavy atom. The zero-order chi connectivity index (χ0) is 15.9. The summed E-state index contributed by atoms with van der Waals surface area (Å²) in [7, 11) is 0. The molecule has 0 aliphatic carbocycles. The van der Waals surface area contributed by atoms with Gasteiger partial charge in [0.1, 0.15) is 0 Å². The summed E-state index contributed by atoms with van der Waals surface area (Å²) >= 11 is 0. The molecule has 2 atom stereocenters. The standard InChI is InChI=1S/C18H28N2O2/c1-14(2)11-17(15-7-4-3-5-8-15)19-18(22)13-20-10-6-9-16(21)12-20/h3-5,7-8,14,16-17,21H,6,9-13H2,1-2H3,(H,19,22). The number of aliphatic hydroxyl groups is 1. The van der Waals surface area contributed by atoms with Crippen LogP contribution in [0.25, 0.3) is 0 Å². The molecule has 4 nitrogen and oxygen atoms in total. The van der Waals surface area contributed by atoms with E-state index in [9.17, 15) is 9.90 Å². The molecule has 0 spiro atoms. The second-order valence-electron chi connectivity index (χ2n) is 6.69. The molecule has 0 radical (unpaired) electrons. The number of likely N-dealkylation sites (tertiary alicyclic amines) is 1. The van der Waals surface area contributed by atoms with Gasteiger partial charge in [0.15, 0.2) is 0 Å². The van der Waals surface area contributed by atoms with Gasteiger partial charge in [-0.3, -0.25) is 9.69 Å². The molecule has 0 aromatic heterocycles. The Morgan fingerprint density at radius 2 is 2.09 bits per heavy atom. The summed E-state index contributed by atoms with van der Waals surface area (Å²) in [5.74, 6) is 0.561. The van der Waals surface area contributed by atoms with Crippen molar-refractivity contribution in [3.8, 4) is 0 Å². The molecule has 1 heterocycles. The maximum atomic E-state index is 12.3. The molecule has 0 saturated carbocycles. The van der Waals surface area contributed by atoms with Crippen molar-refractivity contribution >= 4 is 5.91 Å². The number of aliphatic hydroxyl groups excluding tert-OH is 1. The van der Waals surface area contributed by atoms with Crippen molar-refractivity contribution < 1.29 is 9.90 Å². The minimum absolute atomic E-state index is 0.0450. The lowest BCUT2D eigenvalue weighted by molar-refractivity contribution is -0.123. The van der Waals surface area contributed by atoms with Gasteiger partial charge in [-0.15, -0.1) is 0 Å². The van der Waals surface area contributed by atoms with Gasteiger partial charge < -0.3 is 10.4 Å². The van der Waals surface area contributed by atoms with Crippen molar-refractivity contribution in [2.24, 2.45) is 5.92 Å². The highest BCUT2D eigenvalue weighted by Crippen LogP contribution is 2.21. The Morgan fingerprint density at radius 3 is 2.73 bits per heavy atom. The maximum Gasteiger partial charge on any atom is 0.234 e. The van der Waals surface area contributed by atoms with Gasteiger partial charge >= 0.3 is 0 Å². The molecule has 1 aromatic carbocycles. The molecule has 22 heavy (non-hydrogen) atoms. The third-order valence-electron chi connectivity index (χ3n) is 4.09. The first-order chi connectivity index (χ1) is 10.5. The first-order valence-corrected chi connectivity index (χ1v) is 8.29. The summed E-state index contributed by atoms with van der Waals surface area (Å²) < 4.78 is 0. The highest BCUT2D eigenvalue weighted by molar-refractivity contribution is 5.78. The maximum absolute atomic E-state index is 12.3. The van der Waals surface area contributed by atoms with Crippen LogP contribution in [0.15, 0.2) is 30.3 Å². The van der Waals surface area contributed by atoms with E-state index in [4.69, 9.17) is 0 Å². The third kappa shape index (κ3) is 5.43. The van der Waals surface area contributed by atoms with Gasteiger partial charge in [-0.05, 0) is 37.3 Å². The van der Waals surface area contributed by atoms with Gasteiger partial charge in [-0.1, -0.05) is 44.2 Å². The van der Waals surface area contributed by atoms with E-state index in [1.807, 2.05) is 23.1 Å². The second-order valence-corrected chi connectivity index (χ2v) is 6.69. The number of β-amino-alcohol motifs (C(OH)–C–C–N with tert-alkyl or cyclic N) is 1. The highest BCUT2D eigenvalue weighted by atomic mass is 16.3. The zero-order valence-electron chi connectivity index (χ0n) is 13.7. The fraction of sp³-hybridized carbons (Fsp3) is 0.611. The fourth-order valence-corrected chi connectivity index (χ4v) is 3.05. The van der Waals surface area contributed by atoms with Crippen molar-refractivity contribution in [2.75, 3.05) is 19.6 Å². The predicted octanol–water partition coefficient (Wildman–Crippen LogP) is 2.35. The predicted molar refractivity (Wildman–Crippen MR) is 88.5 cm³/mol. The number of nitrogens with zero attached hydrogens (tertiary/aromatic N) is 1. The normalized spacial score (nSPS) is 20.8. The number of piperidine rings is 1. The molecule has 1 aliphatic heterocycles. The lowest BCUT2D eigenvalue weighted by Gasteiger charge is -2.30. The van der Waals surface area contributed by atoms with Crippen LogP contribution >= 0.6 is 0 Å². The van der Waals surface area contributed by atoms with Crippen LogP contribution in [0, 0.1) is 5.92 Å². The Bertz CT molecular complexity index is 461. The molecule has 0 bridgehead atoms. The number of nitrogens with one attached hydrogen (secondary N) is 1. The molecule has 4 heteroatoms. The SMILES string of the molecule is CC(C)CC(NC(=O)CN1CCCC(O)C1)c1ccccc1. The molecule has 1 fully saturated rings. The van der Waals surface area contributed by atoms with Gasteiger partial charge in [-0.25, -0.2) is 0 Å². The average Bonchev–Trinajstić information content (AvgIpc) is 2.47. The Labute approximate surface area is 133 Å². The van der Waals surface area contributed by atoms with E-state index >= 15 is 0 Å². The molecular weight excluding hydrogens is 276 g/mol. The second kappa shape index (κ2) is 8.30. The number of carbonyl (C=O) groups excluding carboxylic acids is 1. The van der Waals surface area contributed by atoms with Crippen LogP contribution in [0.3, 0.4) is 0 Å². The van der Waals surface area contributed by atoms with E-state index in [2.05, 4.69) is 31.3 Å². The Kier molecular flexibility index (Phi) is 6.40. The van der Waals surface area contributed by atoms with E-state index in [1.54, 1.807) is 0 Å². The van der Waals surface area contributed by atoms with Gasteiger partial charge in [0.2, 0.25) is 5.91 Å². The smallest absolute Gasteiger partial charge is 0.234 e. The van der Waals surface area contributed by atoms with Crippen LogP contribution in [0.2, 0.25) is 0 Å². The first kappa shape index (κ1) is 17.0. The molecule has 2 unspecified atom stereocenters. The van der Waals surface area contributed by atoms with Crippen LogP contribution in [0.5, 0.6) is 0 Å². The van der Waals surface area contributed by atoms with Crippen LogP contribution in [0.1, 0.15) is 44.7 Å². The summed E-state index contributed by atoms with van der Waals surface area (Å²) in [6.45, 7) is 6.21. The zero-order valence-corrected chi connectivity index (χ0v) is 13.7. The average molecular weight is 304 g/mol. The fourth-order valence-electron chi connectivity index (χ4n) is 3.05. The number of rotatable bonds is 6. The van der Waals surface area contributed by atoms with E-state index in [0.717, 1.165) is 31.4 Å². The lowest BCUT2D eigenvalue weighted by atomic mass is 9.97. The molecule has 1 aromatic rings. The molecule has 2 rings (SSSR count). The summed E-state index contributed by atoms with van der Waals surface area (Å²) in [6, 6.07) is 10.2. The first-order valence-electron chi connectivity index (χ1n) is 8.29. The number of amides is 1. The van der Waals surface area contributed by atoms with Gasteiger partial charge in [0.05, 0.1) is 18.7 Å². The van der Waals surface area contributed by atoms with Gasteiger partial charge in [-0.2, -0.15) is 0 Å². The summed E-state index contributed by atoms with van der Waals surface area (Å²) in [5, 5.41) is 12.9. The minimum atomic E-state index is -0.290. The lowest BCUT2D eigenvalue weighted by Crippen LogP contribution is -2.45. The van der Waals surface area contributed by atoms with E-state index < -0.39 is 0 Å². The molecule has 1 saturated heterocycles. The summed E-state index contributed by atoms with van der Waals surface area (Å²) in [4.78, 5) is 14.4. The Hall–Kier alpha value is -1.39. The third-order valence-corrected chi connectivity index (χ3v) is 4.09. The highest BCUT2D eigenvalue weighted by Gasteiger charge is 2.21.